The number of ketones is 1. The zero-order valence-electron chi connectivity index (χ0n) is 10.9. The second kappa shape index (κ2) is 5.13. The number of carbonyl (C=O) groups excluding carboxylic acids is 2. The summed E-state index contributed by atoms with van der Waals surface area (Å²) in [5.41, 5.74) is 0.613. The van der Waals surface area contributed by atoms with Crippen molar-refractivity contribution in [3.05, 3.63) is 45.4 Å². The molecule has 0 bridgehead atoms. The smallest absolute Gasteiger partial charge is 0.243 e. The molecule has 1 saturated heterocycles. The Balaban J connectivity index is 2.25. The number of amides is 1. The standard InChI is InChI=1S/C14H14BrNO2S/c1-14(2)13(18)16(3)12(19-14)8-11(17)9-4-6-10(15)7-5-9/h4-8H,1-3H3/b12-8-. The molecule has 1 aliphatic heterocycles. The predicted molar refractivity (Wildman–Crippen MR) is 81.0 cm³/mol. The molecular weight excluding hydrogens is 326 g/mol. The van der Waals surface area contributed by atoms with Crippen molar-refractivity contribution in [1.82, 2.24) is 4.90 Å². The van der Waals surface area contributed by atoms with Crippen LogP contribution in [-0.4, -0.2) is 28.4 Å². The molecule has 2 rings (SSSR count). The molecule has 19 heavy (non-hydrogen) atoms. The lowest BCUT2D eigenvalue weighted by Crippen LogP contribution is -2.31. The largest absolute Gasteiger partial charge is 0.309 e. The number of nitrogens with zero attached hydrogens (tertiary/aromatic N) is 1. The van der Waals surface area contributed by atoms with Crippen molar-refractivity contribution in [2.75, 3.05) is 7.05 Å². The van der Waals surface area contributed by atoms with Crippen molar-refractivity contribution >= 4 is 39.4 Å². The van der Waals surface area contributed by atoms with Gasteiger partial charge in [0.1, 0.15) is 0 Å². The maximum atomic E-state index is 12.1. The summed E-state index contributed by atoms with van der Waals surface area (Å²) >= 11 is 4.75. The van der Waals surface area contributed by atoms with Crippen molar-refractivity contribution in [2.45, 2.75) is 18.6 Å². The van der Waals surface area contributed by atoms with Gasteiger partial charge in [0.2, 0.25) is 5.91 Å². The van der Waals surface area contributed by atoms with Gasteiger partial charge in [0, 0.05) is 23.2 Å². The number of carbonyl (C=O) groups is 2. The molecule has 0 aromatic heterocycles. The quantitative estimate of drug-likeness (QED) is 0.611. The number of allylic oxidation sites excluding steroid dienone is 1. The zero-order chi connectivity index (χ0) is 14.2. The van der Waals surface area contributed by atoms with Crippen LogP contribution >= 0.6 is 27.7 Å². The monoisotopic (exact) mass is 339 g/mol. The molecule has 0 N–H and O–H groups in total. The van der Waals surface area contributed by atoms with Crippen molar-refractivity contribution < 1.29 is 9.59 Å². The van der Waals surface area contributed by atoms with Gasteiger partial charge in [0.15, 0.2) is 5.78 Å². The Hall–Kier alpha value is -1.07. The Morgan fingerprint density at radius 1 is 1.32 bits per heavy atom. The molecule has 1 aliphatic rings. The molecule has 0 radical (unpaired) electrons. The molecule has 0 saturated carbocycles. The zero-order valence-corrected chi connectivity index (χ0v) is 13.3. The first kappa shape index (κ1) is 14.3. The molecule has 1 amide bonds. The number of benzene rings is 1. The molecule has 0 atom stereocenters. The summed E-state index contributed by atoms with van der Waals surface area (Å²) in [5.74, 6) is -0.0697. The van der Waals surface area contributed by atoms with Crippen LogP contribution in [0, 0.1) is 0 Å². The van der Waals surface area contributed by atoms with Crippen LogP contribution in [0.25, 0.3) is 0 Å². The van der Waals surface area contributed by atoms with E-state index in [0.717, 1.165) is 4.47 Å². The summed E-state index contributed by atoms with van der Waals surface area (Å²) in [6.45, 7) is 3.73. The van der Waals surface area contributed by atoms with Crippen LogP contribution < -0.4 is 0 Å². The molecule has 100 valence electrons. The number of rotatable bonds is 2. The summed E-state index contributed by atoms with van der Waals surface area (Å²) in [7, 11) is 1.70. The molecule has 5 heteroatoms. The third kappa shape index (κ3) is 2.92. The van der Waals surface area contributed by atoms with Gasteiger partial charge in [0.25, 0.3) is 0 Å². The summed E-state index contributed by atoms with van der Waals surface area (Å²) in [5, 5.41) is 0.697. The van der Waals surface area contributed by atoms with E-state index in [-0.39, 0.29) is 11.7 Å². The van der Waals surface area contributed by atoms with Crippen LogP contribution in [0.3, 0.4) is 0 Å². The van der Waals surface area contributed by atoms with Crippen LogP contribution in [0.1, 0.15) is 24.2 Å². The van der Waals surface area contributed by atoms with Gasteiger partial charge in [0.05, 0.1) is 9.78 Å². The highest BCUT2D eigenvalue weighted by molar-refractivity contribution is 9.10. The lowest BCUT2D eigenvalue weighted by atomic mass is 10.1. The lowest BCUT2D eigenvalue weighted by Gasteiger charge is -2.12. The number of hydrogen-bond donors (Lipinski definition) is 0. The maximum Gasteiger partial charge on any atom is 0.243 e. The van der Waals surface area contributed by atoms with Crippen LogP contribution in [-0.2, 0) is 4.79 Å². The van der Waals surface area contributed by atoms with Gasteiger partial charge in [-0.1, -0.05) is 27.7 Å². The van der Waals surface area contributed by atoms with Gasteiger partial charge in [-0.25, -0.2) is 0 Å². The van der Waals surface area contributed by atoms with Crippen molar-refractivity contribution in [3.8, 4) is 0 Å². The summed E-state index contributed by atoms with van der Waals surface area (Å²) in [4.78, 5) is 25.6. The van der Waals surface area contributed by atoms with Gasteiger partial charge >= 0.3 is 0 Å². The Morgan fingerprint density at radius 2 is 1.89 bits per heavy atom. The first-order valence-corrected chi connectivity index (χ1v) is 7.41. The van der Waals surface area contributed by atoms with Crippen molar-refractivity contribution in [3.63, 3.8) is 0 Å². The van der Waals surface area contributed by atoms with Crippen LogP contribution in [0.15, 0.2) is 39.8 Å². The van der Waals surface area contributed by atoms with E-state index in [9.17, 15) is 9.59 Å². The molecule has 1 fully saturated rings. The Labute approximate surface area is 125 Å². The minimum atomic E-state index is -0.499. The van der Waals surface area contributed by atoms with E-state index in [1.54, 1.807) is 24.1 Å². The van der Waals surface area contributed by atoms with Crippen LogP contribution in [0.2, 0.25) is 0 Å². The Bertz CT molecular complexity index is 563. The summed E-state index contributed by atoms with van der Waals surface area (Å²) in [6, 6.07) is 7.17. The minimum Gasteiger partial charge on any atom is -0.309 e. The van der Waals surface area contributed by atoms with Gasteiger partial charge in [-0.05, 0) is 38.1 Å². The van der Waals surface area contributed by atoms with E-state index in [1.165, 1.54) is 17.8 Å². The van der Waals surface area contributed by atoms with E-state index in [0.29, 0.717) is 10.6 Å². The third-order valence-corrected chi connectivity index (χ3v) is 4.71. The first-order valence-electron chi connectivity index (χ1n) is 5.80. The number of halogens is 1. The second-order valence-corrected chi connectivity index (χ2v) is 7.39. The fraction of sp³-hybridized carbons (Fsp3) is 0.286. The average Bonchev–Trinajstić information content (AvgIpc) is 2.54. The van der Waals surface area contributed by atoms with Crippen molar-refractivity contribution in [1.29, 1.82) is 0 Å². The van der Waals surface area contributed by atoms with E-state index in [2.05, 4.69) is 15.9 Å². The minimum absolute atomic E-state index is 0.0207. The van der Waals surface area contributed by atoms with E-state index in [4.69, 9.17) is 0 Å². The highest BCUT2D eigenvalue weighted by Gasteiger charge is 2.41. The van der Waals surface area contributed by atoms with Gasteiger partial charge < -0.3 is 4.90 Å². The normalized spacial score (nSPS) is 20.1. The summed E-state index contributed by atoms with van der Waals surface area (Å²) in [6.07, 6.45) is 1.53. The third-order valence-electron chi connectivity index (χ3n) is 2.89. The Kier molecular flexibility index (Phi) is 3.87. The van der Waals surface area contributed by atoms with Crippen molar-refractivity contribution in [2.24, 2.45) is 0 Å². The van der Waals surface area contributed by atoms with Gasteiger partial charge in [-0.15, -0.1) is 0 Å². The molecule has 1 aromatic rings. The fourth-order valence-corrected chi connectivity index (χ4v) is 3.21. The maximum absolute atomic E-state index is 12.1. The molecule has 0 aliphatic carbocycles. The first-order chi connectivity index (χ1) is 8.81. The topological polar surface area (TPSA) is 37.4 Å². The van der Waals surface area contributed by atoms with Crippen LogP contribution in [0.4, 0.5) is 0 Å². The number of hydrogen-bond acceptors (Lipinski definition) is 3. The molecule has 1 heterocycles. The van der Waals surface area contributed by atoms with Gasteiger partial charge in [-0.2, -0.15) is 0 Å². The predicted octanol–water partition coefficient (Wildman–Crippen LogP) is 3.46. The molecule has 0 spiro atoms. The van der Waals surface area contributed by atoms with E-state index < -0.39 is 4.75 Å². The number of thioether (sulfide) groups is 1. The highest BCUT2D eigenvalue weighted by Crippen LogP contribution is 2.42. The SMILES string of the molecule is CN1C(=O)C(C)(C)S/C1=C\C(=O)c1ccc(Br)cc1. The highest BCUT2D eigenvalue weighted by atomic mass is 79.9. The fourth-order valence-electron chi connectivity index (χ4n) is 1.81. The summed E-state index contributed by atoms with van der Waals surface area (Å²) < 4.78 is 0.431. The van der Waals surface area contributed by atoms with Gasteiger partial charge in [-0.3, -0.25) is 9.59 Å². The molecular formula is C14H14BrNO2S. The second-order valence-electron chi connectivity index (χ2n) is 4.83. The van der Waals surface area contributed by atoms with E-state index >= 15 is 0 Å². The molecule has 1 aromatic carbocycles. The molecule has 0 unspecified atom stereocenters. The molecule has 3 nitrogen and oxygen atoms in total. The van der Waals surface area contributed by atoms with E-state index in [1.807, 2.05) is 26.0 Å². The van der Waals surface area contributed by atoms with Crippen LogP contribution in [0.5, 0.6) is 0 Å². The lowest BCUT2D eigenvalue weighted by molar-refractivity contribution is -0.128. The average molecular weight is 340 g/mol. The Morgan fingerprint density at radius 3 is 2.37 bits per heavy atom.